The minimum absolute atomic E-state index is 0.171. The van der Waals surface area contributed by atoms with Gasteiger partial charge in [0.25, 0.3) is 0 Å². The van der Waals surface area contributed by atoms with Gasteiger partial charge < -0.3 is 18.9 Å². The van der Waals surface area contributed by atoms with E-state index in [0.29, 0.717) is 36.2 Å². The number of ether oxygens (including phenoxy) is 4. The lowest BCUT2D eigenvalue weighted by Crippen LogP contribution is -2.20. The molecule has 0 aliphatic carbocycles. The Morgan fingerprint density at radius 1 is 1.15 bits per heavy atom. The van der Waals surface area contributed by atoms with E-state index in [0.717, 1.165) is 11.1 Å². The van der Waals surface area contributed by atoms with Crippen LogP contribution in [0.3, 0.4) is 0 Å². The average Bonchev–Trinajstić information content (AvgIpc) is 2.68. The quantitative estimate of drug-likeness (QED) is 0.634. The zero-order valence-corrected chi connectivity index (χ0v) is 14.7. The van der Waals surface area contributed by atoms with Gasteiger partial charge in [-0.3, -0.25) is 4.79 Å². The lowest BCUT2D eigenvalue weighted by molar-refractivity contribution is -0.120. The van der Waals surface area contributed by atoms with Crippen molar-refractivity contribution in [3.05, 3.63) is 47.5 Å². The summed E-state index contributed by atoms with van der Waals surface area (Å²) in [5.41, 5.74) is 4.05. The van der Waals surface area contributed by atoms with Crippen LogP contribution in [0, 0.1) is 0 Å². The molecule has 0 aromatic heterocycles. The van der Waals surface area contributed by atoms with E-state index in [-0.39, 0.29) is 12.3 Å². The fraction of sp³-hybridized carbons (Fsp3) is 0.263. The maximum atomic E-state index is 12.1. The Morgan fingerprint density at radius 3 is 2.77 bits per heavy atom. The van der Waals surface area contributed by atoms with Crippen LogP contribution >= 0.6 is 0 Å². The van der Waals surface area contributed by atoms with Gasteiger partial charge in [-0.15, -0.1) is 0 Å². The molecule has 0 bridgehead atoms. The standard InChI is InChI=1S/C19H20N2O5/c1-23-15-7-6-13(10-17(15)24-2)11-18(22)21-20-12-14-4-3-5-16-19(14)26-9-8-25-16/h3-7,10,12H,8-9,11H2,1-2H3,(H,21,22)/b20-12-. The highest BCUT2D eigenvalue weighted by Crippen LogP contribution is 2.32. The van der Waals surface area contributed by atoms with Crippen molar-refractivity contribution < 1.29 is 23.7 Å². The summed E-state index contributed by atoms with van der Waals surface area (Å²) >= 11 is 0. The molecule has 136 valence electrons. The third kappa shape index (κ3) is 4.05. The molecule has 2 aromatic carbocycles. The molecule has 1 amide bonds. The van der Waals surface area contributed by atoms with Crippen molar-refractivity contribution in [3.63, 3.8) is 0 Å². The summed E-state index contributed by atoms with van der Waals surface area (Å²) < 4.78 is 21.5. The van der Waals surface area contributed by atoms with E-state index in [1.165, 1.54) is 0 Å². The predicted octanol–water partition coefficient (Wildman–Crippen LogP) is 2.17. The second-order valence-corrected chi connectivity index (χ2v) is 5.53. The van der Waals surface area contributed by atoms with E-state index in [1.807, 2.05) is 24.3 Å². The van der Waals surface area contributed by atoms with Crippen molar-refractivity contribution in [2.45, 2.75) is 6.42 Å². The largest absolute Gasteiger partial charge is 0.493 e. The number of carbonyl (C=O) groups excluding carboxylic acids is 1. The van der Waals surface area contributed by atoms with Gasteiger partial charge in [-0.25, -0.2) is 5.43 Å². The highest BCUT2D eigenvalue weighted by Gasteiger charge is 2.14. The lowest BCUT2D eigenvalue weighted by atomic mass is 10.1. The number of methoxy groups -OCH3 is 2. The molecule has 0 fully saturated rings. The van der Waals surface area contributed by atoms with Crippen molar-refractivity contribution in [2.24, 2.45) is 5.10 Å². The molecule has 0 spiro atoms. The molecule has 1 heterocycles. The minimum Gasteiger partial charge on any atom is -0.493 e. The Labute approximate surface area is 151 Å². The first-order chi connectivity index (χ1) is 12.7. The van der Waals surface area contributed by atoms with Crippen molar-refractivity contribution in [3.8, 4) is 23.0 Å². The molecule has 0 saturated heterocycles. The van der Waals surface area contributed by atoms with Crippen molar-refractivity contribution in [1.29, 1.82) is 0 Å². The zero-order valence-electron chi connectivity index (χ0n) is 14.7. The topological polar surface area (TPSA) is 78.4 Å². The zero-order chi connectivity index (χ0) is 18.4. The average molecular weight is 356 g/mol. The number of fused-ring (bicyclic) bond motifs is 1. The number of carbonyl (C=O) groups is 1. The fourth-order valence-corrected chi connectivity index (χ4v) is 2.59. The second kappa shape index (κ2) is 8.24. The first kappa shape index (κ1) is 17.6. The molecular weight excluding hydrogens is 336 g/mol. The molecular formula is C19H20N2O5. The third-order valence-electron chi connectivity index (χ3n) is 3.80. The van der Waals surface area contributed by atoms with Gasteiger partial charge >= 0.3 is 0 Å². The van der Waals surface area contributed by atoms with Crippen LogP contribution in [-0.2, 0) is 11.2 Å². The van der Waals surface area contributed by atoms with Crippen LogP contribution in [0.2, 0.25) is 0 Å². The summed E-state index contributed by atoms with van der Waals surface area (Å²) in [5, 5.41) is 4.01. The number of rotatable bonds is 6. The van der Waals surface area contributed by atoms with Crippen molar-refractivity contribution in [2.75, 3.05) is 27.4 Å². The number of nitrogens with zero attached hydrogens (tertiary/aromatic N) is 1. The Balaban J connectivity index is 1.62. The molecule has 0 unspecified atom stereocenters. The highest BCUT2D eigenvalue weighted by atomic mass is 16.6. The first-order valence-corrected chi connectivity index (χ1v) is 8.12. The van der Waals surface area contributed by atoms with E-state index < -0.39 is 0 Å². The van der Waals surface area contributed by atoms with Gasteiger partial charge in [0, 0.05) is 5.56 Å². The smallest absolute Gasteiger partial charge is 0.244 e. The number of benzene rings is 2. The third-order valence-corrected chi connectivity index (χ3v) is 3.80. The van der Waals surface area contributed by atoms with E-state index in [2.05, 4.69) is 10.5 Å². The van der Waals surface area contributed by atoms with Crippen LogP contribution in [-0.4, -0.2) is 39.6 Å². The predicted molar refractivity (Wildman–Crippen MR) is 96.4 cm³/mol. The molecule has 3 rings (SSSR count). The van der Waals surface area contributed by atoms with Crippen LogP contribution in [0.25, 0.3) is 0 Å². The van der Waals surface area contributed by atoms with E-state index in [4.69, 9.17) is 18.9 Å². The number of amides is 1. The summed E-state index contributed by atoms with van der Waals surface area (Å²) in [5.74, 6) is 2.27. The first-order valence-electron chi connectivity index (χ1n) is 8.12. The van der Waals surface area contributed by atoms with Crippen LogP contribution < -0.4 is 24.4 Å². The normalized spacial score (nSPS) is 12.7. The molecule has 1 aliphatic rings. The number of para-hydroxylation sites is 1. The van der Waals surface area contributed by atoms with Gasteiger partial charge in [0.1, 0.15) is 13.2 Å². The highest BCUT2D eigenvalue weighted by molar-refractivity contribution is 5.87. The van der Waals surface area contributed by atoms with Gasteiger partial charge in [-0.2, -0.15) is 5.10 Å². The SMILES string of the molecule is COc1ccc(CC(=O)N/N=C\c2cccc3c2OCCO3)cc1OC. The van der Waals surface area contributed by atoms with Gasteiger partial charge in [-0.05, 0) is 29.8 Å². The van der Waals surface area contributed by atoms with Crippen LogP contribution in [0.5, 0.6) is 23.0 Å². The fourth-order valence-electron chi connectivity index (χ4n) is 2.59. The molecule has 0 saturated carbocycles. The Hall–Kier alpha value is -3.22. The molecule has 26 heavy (non-hydrogen) atoms. The maximum Gasteiger partial charge on any atom is 0.244 e. The number of hydrazone groups is 1. The van der Waals surface area contributed by atoms with E-state index in [1.54, 1.807) is 32.6 Å². The van der Waals surface area contributed by atoms with Crippen LogP contribution in [0.15, 0.2) is 41.5 Å². The van der Waals surface area contributed by atoms with E-state index in [9.17, 15) is 4.79 Å². The Kier molecular flexibility index (Phi) is 5.58. The summed E-state index contributed by atoms with van der Waals surface area (Å²) in [6.07, 6.45) is 1.71. The molecule has 0 atom stereocenters. The molecule has 7 nitrogen and oxygen atoms in total. The van der Waals surface area contributed by atoms with Crippen LogP contribution in [0.4, 0.5) is 0 Å². The second-order valence-electron chi connectivity index (χ2n) is 5.53. The maximum absolute atomic E-state index is 12.1. The van der Waals surface area contributed by atoms with Gasteiger partial charge in [0.2, 0.25) is 5.91 Å². The van der Waals surface area contributed by atoms with Crippen LogP contribution in [0.1, 0.15) is 11.1 Å². The molecule has 7 heteroatoms. The minimum atomic E-state index is -0.240. The van der Waals surface area contributed by atoms with Gasteiger partial charge in [0.05, 0.1) is 26.9 Å². The lowest BCUT2D eigenvalue weighted by Gasteiger charge is -2.19. The Morgan fingerprint density at radius 2 is 1.96 bits per heavy atom. The van der Waals surface area contributed by atoms with E-state index >= 15 is 0 Å². The number of nitrogens with one attached hydrogen (secondary N) is 1. The summed E-state index contributed by atoms with van der Waals surface area (Å²) in [7, 11) is 3.12. The Bertz CT molecular complexity index is 820. The summed E-state index contributed by atoms with van der Waals surface area (Å²) in [6.45, 7) is 1.01. The molecule has 2 aromatic rings. The summed E-state index contributed by atoms with van der Waals surface area (Å²) in [6, 6.07) is 10.9. The van der Waals surface area contributed by atoms with Crippen molar-refractivity contribution >= 4 is 12.1 Å². The van der Waals surface area contributed by atoms with Crippen molar-refractivity contribution in [1.82, 2.24) is 5.43 Å². The monoisotopic (exact) mass is 356 g/mol. The number of hydrogen-bond acceptors (Lipinski definition) is 6. The molecule has 1 aliphatic heterocycles. The van der Waals surface area contributed by atoms with Gasteiger partial charge in [-0.1, -0.05) is 12.1 Å². The molecule has 0 radical (unpaired) electrons. The number of hydrogen-bond donors (Lipinski definition) is 1. The van der Waals surface area contributed by atoms with Gasteiger partial charge in [0.15, 0.2) is 23.0 Å². The summed E-state index contributed by atoms with van der Waals surface area (Å²) in [4.78, 5) is 12.1. The molecule has 1 N–H and O–H groups in total.